The maximum Gasteiger partial charge on any atom is 0.131 e. The summed E-state index contributed by atoms with van der Waals surface area (Å²) in [6, 6.07) is 81.0. The molecule has 10 aromatic carbocycles. The lowest BCUT2D eigenvalue weighted by molar-refractivity contribution is 0.472. The van der Waals surface area contributed by atoms with Crippen LogP contribution in [0.5, 0.6) is 11.5 Å². The highest BCUT2D eigenvalue weighted by Crippen LogP contribution is 2.65. The molecule has 2 aliphatic carbocycles. The molecular weight excluding hydrogens is 749 g/mol. The second-order valence-corrected chi connectivity index (χ2v) is 17.1. The molecule has 0 fully saturated rings. The fourth-order valence-corrected chi connectivity index (χ4v) is 11.2. The SMILES string of the molecule is c1cc(-c2ccc3c(c2)Cc2ccccc2-c2ccccc2Cc2ccccc2O3)cc(-c2cccc3c2-c2ccccc2C32c3ccccc3-c3c2ccc2ccccc32)c1. The van der Waals surface area contributed by atoms with E-state index in [0.29, 0.717) is 0 Å². The van der Waals surface area contributed by atoms with Gasteiger partial charge in [0.05, 0.1) is 5.41 Å². The Labute approximate surface area is 362 Å². The van der Waals surface area contributed by atoms with E-state index >= 15 is 0 Å². The summed E-state index contributed by atoms with van der Waals surface area (Å²) in [5.41, 5.74) is 22.6. The van der Waals surface area contributed by atoms with Gasteiger partial charge in [0.25, 0.3) is 0 Å². The fourth-order valence-electron chi connectivity index (χ4n) is 11.2. The van der Waals surface area contributed by atoms with Crippen molar-refractivity contribution >= 4 is 10.8 Å². The lowest BCUT2D eigenvalue weighted by Gasteiger charge is -2.30. The molecule has 1 unspecified atom stereocenters. The van der Waals surface area contributed by atoms with E-state index in [2.05, 4.69) is 218 Å². The van der Waals surface area contributed by atoms with Crippen LogP contribution in [0.4, 0.5) is 0 Å². The zero-order chi connectivity index (χ0) is 40.8. The Bertz CT molecular complexity index is 3460. The van der Waals surface area contributed by atoms with Crippen LogP contribution in [0.25, 0.3) is 66.4 Å². The van der Waals surface area contributed by atoms with Gasteiger partial charge in [-0.1, -0.05) is 194 Å². The minimum absolute atomic E-state index is 0.420. The molecule has 1 nitrogen and oxygen atoms in total. The number of benzene rings is 10. The van der Waals surface area contributed by atoms with Crippen molar-refractivity contribution in [2.75, 3.05) is 0 Å². The lowest BCUT2D eigenvalue weighted by atomic mass is 9.70. The predicted molar refractivity (Wildman–Crippen MR) is 255 cm³/mol. The second-order valence-electron chi connectivity index (χ2n) is 17.1. The monoisotopic (exact) mass is 788 g/mol. The summed E-state index contributed by atoms with van der Waals surface area (Å²) in [6.07, 6.45) is 1.55. The average molecular weight is 789 g/mol. The number of hydrogen-bond donors (Lipinski definition) is 0. The highest BCUT2D eigenvalue weighted by Gasteiger charge is 2.52. The Hall–Kier alpha value is -7.74. The fraction of sp³-hybridized carbons (Fsp3) is 0.0492. The lowest BCUT2D eigenvalue weighted by Crippen LogP contribution is -2.25. The van der Waals surface area contributed by atoms with E-state index in [1.54, 1.807) is 0 Å². The molecule has 0 radical (unpaired) electrons. The van der Waals surface area contributed by atoms with Crippen LogP contribution >= 0.6 is 0 Å². The summed E-state index contributed by atoms with van der Waals surface area (Å²) < 4.78 is 6.89. The molecule has 0 aromatic heterocycles. The summed E-state index contributed by atoms with van der Waals surface area (Å²) >= 11 is 0. The first-order valence-corrected chi connectivity index (χ1v) is 21.8. The summed E-state index contributed by atoms with van der Waals surface area (Å²) in [7, 11) is 0. The zero-order valence-corrected chi connectivity index (χ0v) is 34.1. The first-order valence-electron chi connectivity index (χ1n) is 21.8. The molecule has 10 aromatic rings. The van der Waals surface area contributed by atoms with E-state index in [0.717, 1.165) is 29.9 Å². The third-order valence-electron chi connectivity index (χ3n) is 13.8. The van der Waals surface area contributed by atoms with Crippen molar-refractivity contribution in [1.29, 1.82) is 0 Å². The third kappa shape index (κ3) is 5.09. The van der Waals surface area contributed by atoms with Gasteiger partial charge in [-0.15, -0.1) is 0 Å². The largest absolute Gasteiger partial charge is 0.457 e. The smallest absolute Gasteiger partial charge is 0.131 e. The van der Waals surface area contributed by atoms with E-state index in [-0.39, 0.29) is 0 Å². The maximum atomic E-state index is 6.89. The second kappa shape index (κ2) is 13.6. The van der Waals surface area contributed by atoms with Gasteiger partial charge in [0.1, 0.15) is 11.5 Å². The van der Waals surface area contributed by atoms with E-state index in [1.165, 1.54) is 105 Å². The summed E-state index contributed by atoms with van der Waals surface area (Å²) in [4.78, 5) is 0. The molecular formula is C61H40O. The van der Waals surface area contributed by atoms with Crippen LogP contribution in [-0.2, 0) is 18.3 Å². The number of hydrogen-bond acceptors (Lipinski definition) is 1. The van der Waals surface area contributed by atoms with Crippen LogP contribution in [0.3, 0.4) is 0 Å². The normalized spacial score (nSPS) is 15.2. The molecule has 62 heavy (non-hydrogen) atoms. The third-order valence-corrected chi connectivity index (χ3v) is 13.8. The van der Waals surface area contributed by atoms with Crippen molar-refractivity contribution in [3.8, 4) is 67.1 Å². The highest BCUT2D eigenvalue weighted by molar-refractivity contribution is 6.07. The Morgan fingerprint density at radius 2 is 0.839 bits per heavy atom. The number of para-hydroxylation sites is 1. The van der Waals surface area contributed by atoms with E-state index in [1.807, 2.05) is 0 Å². The first-order chi connectivity index (χ1) is 30.7. The molecule has 0 saturated heterocycles. The number of rotatable bonds is 2. The number of ether oxygens (including phenoxy) is 1. The molecule has 3 aliphatic rings. The molecule has 0 N–H and O–H groups in total. The van der Waals surface area contributed by atoms with Crippen LogP contribution in [0.1, 0.15) is 44.5 Å². The summed E-state index contributed by atoms with van der Waals surface area (Å²) in [6.45, 7) is 0. The van der Waals surface area contributed by atoms with Crippen molar-refractivity contribution in [2.24, 2.45) is 0 Å². The molecule has 0 bridgehead atoms. The maximum absolute atomic E-state index is 6.89. The molecule has 13 rings (SSSR count). The van der Waals surface area contributed by atoms with E-state index in [4.69, 9.17) is 4.74 Å². The average Bonchev–Trinajstić information content (AvgIpc) is 3.80. The molecule has 1 heterocycles. The minimum atomic E-state index is -0.420. The van der Waals surface area contributed by atoms with Crippen LogP contribution < -0.4 is 4.74 Å². The van der Waals surface area contributed by atoms with Gasteiger partial charge in [-0.3, -0.25) is 0 Å². The van der Waals surface area contributed by atoms with Crippen LogP contribution in [0, 0.1) is 0 Å². The van der Waals surface area contributed by atoms with Gasteiger partial charge in [0.15, 0.2) is 0 Å². The van der Waals surface area contributed by atoms with Crippen LogP contribution in [0.2, 0.25) is 0 Å². The topological polar surface area (TPSA) is 9.23 Å². The van der Waals surface area contributed by atoms with Gasteiger partial charge in [0.2, 0.25) is 0 Å². The van der Waals surface area contributed by atoms with Gasteiger partial charge in [0, 0.05) is 12.8 Å². The van der Waals surface area contributed by atoms with Crippen molar-refractivity contribution < 1.29 is 4.74 Å². The van der Waals surface area contributed by atoms with Crippen LogP contribution in [0.15, 0.2) is 218 Å². The molecule has 1 aliphatic heterocycles. The Morgan fingerprint density at radius 3 is 1.63 bits per heavy atom. The zero-order valence-electron chi connectivity index (χ0n) is 34.1. The minimum Gasteiger partial charge on any atom is -0.457 e. The van der Waals surface area contributed by atoms with Crippen molar-refractivity contribution in [3.05, 3.63) is 263 Å². The van der Waals surface area contributed by atoms with E-state index in [9.17, 15) is 0 Å². The first kappa shape index (κ1) is 35.1. The van der Waals surface area contributed by atoms with Crippen molar-refractivity contribution in [2.45, 2.75) is 18.3 Å². The molecule has 1 heteroatoms. The van der Waals surface area contributed by atoms with Crippen molar-refractivity contribution in [3.63, 3.8) is 0 Å². The van der Waals surface area contributed by atoms with Gasteiger partial charge in [-0.25, -0.2) is 0 Å². The highest BCUT2D eigenvalue weighted by atomic mass is 16.5. The molecule has 1 atom stereocenters. The molecule has 290 valence electrons. The molecule has 0 amide bonds. The Kier molecular flexibility index (Phi) is 7.71. The Morgan fingerprint density at radius 1 is 0.306 bits per heavy atom. The predicted octanol–water partition coefficient (Wildman–Crippen LogP) is 15.5. The molecule has 1 spiro atoms. The summed E-state index contributed by atoms with van der Waals surface area (Å²) in [5.74, 6) is 1.80. The van der Waals surface area contributed by atoms with Crippen molar-refractivity contribution in [1.82, 2.24) is 0 Å². The van der Waals surface area contributed by atoms with Gasteiger partial charge >= 0.3 is 0 Å². The number of fused-ring (bicyclic) bond motifs is 17. The summed E-state index contributed by atoms with van der Waals surface area (Å²) in [5, 5.41) is 2.58. The standard InChI is InChI=1S/C61H40O/c1-7-23-49-39(15-1)31-33-56-59(49)51-24-8-10-27-53(51)61(56)54-28-11-9-25-52(54)60-50(26-14-29-55(60)61)44-20-13-19-40(35-44)41-32-34-58-46(36-41)38-43-17-3-6-22-48(43)47-21-5-2-16-42(47)37-45-18-4-12-30-57(45)62-58/h1-36H,37-38H2. The quantitative estimate of drug-likeness (QED) is 0.170. The molecule has 0 saturated carbocycles. The van der Waals surface area contributed by atoms with Gasteiger partial charge in [-0.2, -0.15) is 0 Å². The van der Waals surface area contributed by atoms with Gasteiger partial charge in [-0.05, 0) is 135 Å². The van der Waals surface area contributed by atoms with Crippen LogP contribution in [-0.4, -0.2) is 0 Å². The van der Waals surface area contributed by atoms with E-state index < -0.39 is 5.41 Å². The van der Waals surface area contributed by atoms with Gasteiger partial charge < -0.3 is 4.74 Å². The Balaban J connectivity index is 0.971.